The van der Waals surface area contributed by atoms with E-state index >= 15 is 0 Å². The van der Waals surface area contributed by atoms with E-state index in [4.69, 9.17) is 4.74 Å². The Morgan fingerprint density at radius 1 is 1.03 bits per heavy atom. The van der Waals surface area contributed by atoms with Gasteiger partial charge in [0.05, 0.1) is 19.8 Å². The summed E-state index contributed by atoms with van der Waals surface area (Å²) in [5, 5.41) is 6.38. The van der Waals surface area contributed by atoms with Crippen molar-refractivity contribution in [3.05, 3.63) is 65.5 Å². The number of methoxy groups -OCH3 is 1. The summed E-state index contributed by atoms with van der Waals surface area (Å²) in [5.41, 5.74) is 1.83. The second-order valence-corrected chi connectivity index (χ2v) is 10.4. The number of aryl methyl sites for hydroxylation is 1. The highest BCUT2D eigenvalue weighted by molar-refractivity contribution is 6.02. The molecule has 2 N–H and O–H groups in total. The number of hydrogen-bond donors (Lipinski definition) is 2. The molecule has 2 aromatic rings. The number of anilines is 1. The Balaban J connectivity index is 1.67. The zero-order valence-corrected chi connectivity index (χ0v) is 22.8. The SMILES string of the molecule is COC(=O)N1CCCCC1NCC(=O)N(c1cccc(F)c1)C(C(=O)NC1CCCCC1)c1ccccc1C. The summed E-state index contributed by atoms with van der Waals surface area (Å²) in [4.78, 5) is 43.2. The van der Waals surface area contributed by atoms with Gasteiger partial charge in [0, 0.05) is 18.3 Å². The number of carbonyl (C=O) groups excluding carboxylic acids is 3. The molecule has 1 saturated heterocycles. The molecule has 3 amide bonds. The highest BCUT2D eigenvalue weighted by Crippen LogP contribution is 2.31. The summed E-state index contributed by atoms with van der Waals surface area (Å²) in [6, 6.07) is 12.3. The van der Waals surface area contributed by atoms with Crippen LogP contribution in [-0.4, -0.2) is 55.2 Å². The van der Waals surface area contributed by atoms with Gasteiger partial charge in [0.15, 0.2) is 0 Å². The lowest BCUT2D eigenvalue weighted by Gasteiger charge is -2.37. The molecular formula is C30H39FN4O4. The molecule has 1 aliphatic heterocycles. The fraction of sp³-hybridized carbons (Fsp3) is 0.500. The number of benzene rings is 2. The minimum Gasteiger partial charge on any atom is -0.453 e. The lowest BCUT2D eigenvalue weighted by atomic mass is 9.93. The zero-order valence-electron chi connectivity index (χ0n) is 22.8. The molecule has 0 spiro atoms. The van der Waals surface area contributed by atoms with Gasteiger partial charge in [-0.25, -0.2) is 9.18 Å². The average Bonchev–Trinajstić information content (AvgIpc) is 2.95. The van der Waals surface area contributed by atoms with Crippen LogP contribution in [0, 0.1) is 12.7 Å². The van der Waals surface area contributed by atoms with Gasteiger partial charge in [-0.15, -0.1) is 0 Å². The van der Waals surface area contributed by atoms with Crippen molar-refractivity contribution in [2.45, 2.75) is 76.5 Å². The molecule has 1 saturated carbocycles. The number of piperidine rings is 1. The van der Waals surface area contributed by atoms with E-state index < -0.39 is 23.9 Å². The number of rotatable bonds is 8. The number of hydrogen-bond acceptors (Lipinski definition) is 5. The topological polar surface area (TPSA) is 91.0 Å². The van der Waals surface area contributed by atoms with Gasteiger partial charge in [-0.05, 0) is 68.4 Å². The molecule has 0 radical (unpaired) electrons. The summed E-state index contributed by atoms with van der Waals surface area (Å²) >= 11 is 0. The maximum Gasteiger partial charge on any atom is 0.410 e. The average molecular weight is 539 g/mol. The third-order valence-electron chi connectivity index (χ3n) is 7.70. The molecule has 2 aromatic carbocycles. The molecule has 2 fully saturated rings. The monoisotopic (exact) mass is 538 g/mol. The van der Waals surface area contributed by atoms with Crippen LogP contribution in [0.4, 0.5) is 14.9 Å². The number of nitrogens with one attached hydrogen (secondary N) is 2. The predicted octanol–water partition coefficient (Wildman–Crippen LogP) is 4.83. The van der Waals surface area contributed by atoms with Gasteiger partial charge in [0.1, 0.15) is 11.9 Å². The van der Waals surface area contributed by atoms with Crippen molar-refractivity contribution in [2.75, 3.05) is 25.1 Å². The van der Waals surface area contributed by atoms with Gasteiger partial charge < -0.3 is 10.1 Å². The number of carbonyl (C=O) groups is 3. The van der Waals surface area contributed by atoms with Gasteiger partial charge >= 0.3 is 6.09 Å². The Bertz CT molecular complexity index is 1150. The fourth-order valence-corrected chi connectivity index (χ4v) is 5.65. The first-order valence-electron chi connectivity index (χ1n) is 13.9. The predicted molar refractivity (Wildman–Crippen MR) is 148 cm³/mol. The first-order chi connectivity index (χ1) is 18.9. The van der Waals surface area contributed by atoms with E-state index in [1.807, 2.05) is 31.2 Å². The van der Waals surface area contributed by atoms with Crippen molar-refractivity contribution in [3.8, 4) is 0 Å². The molecule has 39 heavy (non-hydrogen) atoms. The van der Waals surface area contributed by atoms with Crippen LogP contribution in [-0.2, 0) is 14.3 Å². The van der Waals surface area contributed by atoms with Crippen LogP contribution in [0.1, 0.15) is 68.5 Å². The molecule has 8 nitrogen and oxygen atoms in total. The number of amides is 3. The standard InChI is InChI=1S/C30H39FN4O4/c1-21-11-6-7-16-25(21)28(29(37)33-23-13-4-3-5-14-23)35(24-15-10-12-22(31)19-24)27(36)20-32-26-17-8-9-18-34(26)30(38)39-2/h6-7,10-12,15-16,19,23,26,28,32H,3-5,8-9,13-14,17-18,20H2,1-2H3,(H,33,37). The lowest BCUT2D eigenvalue weighted by molar-refractivity contribution is -0.127. The Morgan fingerprint density at radius 3 is 2.49 bits per heavy atom. The Morgan fingerprint density at radius 2 is 1.77 bits per heavy atom. The fourth-order valence-electron chi connectivity index (χ4n) is 5.65. The molecule has 4 rings (SSSR count). The van der Waals surface area contributed by atoms with Crippen LogP contribution in [0.3, 0.4) is 0 Å². The second kappa shape index (κ2) is 13.6. The van der Waals surface area contributed by atoms with Gasteiger partial charge in [-0.1, -0.05) is 49.6 Å². The molecule has 0 bridgehead atoms. The molecule has 2 atom stereocenters. The van der Waals surface area contributed by atoms with E-state index in [1.165, 1.54) is 30.2 Å². The van der Waals surface area contributed by atoms with Crippen LogP contribution < -0.4 is 15.5 Å². The maximum atomic E-state index is 14.5. The van der Waals surface area contributed by atoms with E-state index in [9.17, 15) is 18.8 Å². The van der Waals surface area contributed by atoms with Crippen molar-refractivity contribution in [1.29, 1.82) is 0 Å². The number of nitrogens with zero attached hydrogens (tertiary/aromatic N) is 2. The van der Waals surface area contributed by atoms with E-state index in [-0.39, 0.29) is 24.7 Å². The molecule has 2 aliphatic rings. The van der Waals surface area contributed by atoms with Gasteiger partial charge in [-0.3, -0.25) is 24.7 Å². The Labute approximate surface area is 229 Å². The van der Waals surface area contributed by atoms with Crippen molar-refractivity contribution >= 4 is 23.6 Å². The normalized spacial score (nSPS) is 18.7. The van der Waals surface area contributed by atoms with Gasteiger partial charge in [-0.2, -0.15) is 0 Å². The quantitative estimate of drug-likeness (QED) is 0.503. The number of likely N-dealkylation sites (tertiary alicyclic amines) is 1. The second-order valence-electron chi connectivity index (χ2n) is 10.4. The lowest BCUT2D eigenvalue weighted by Crippen LogP contribution is -2.55. The molecule has 1 heterocycles. The van der Waals surface area contributed by atoms with Gasteiger partial charge in [0.2, 0.25) is 11.8 Å². The van der Waals surface area contributed by atoms with Crippen LogP contribution >= 0.6 is 0 Å². The maximum absolute atomic E-state index is 14.5. The minimum atomic E-state index is -0.993. The zero-order chi connectivity index (χ0) is 27.8. The van der Waals surface area contributed by atoms with Crippen molar-refractivity contribution in [1.82, 2.24) is 15.5 Å². The van der Waals surface area contributed by atoms with Crippen LogP contribution in [0.2, 0.25) is 0 Å². The van der Waals surface area contributed by atoms with E-state index in [1.54, 1.807) is 11.0 Å². The minimum absolute atomic E-state index is 0.0382. The largest absolute Gasteiger partial charge is 0.453 e. The highest BCUT2D eigenvalue weighted by Gasteiger charge is 2.36. The van der Waals surface area contributed by atoms with Crippen LogP contribution in [0.15, 0.2) is 48.5 Å². The van der Waals surface area contributed by atoms with E-state index in [2.05, 4.69) is 10.6 Å². The number of halogens is 1. The van der Waals surface area contributed by atoms with Crippen LogP contribution in [0.5, 0.6) is 0 Å². The molecule has 210 valence electrons. The van der Waals surface area contributed by atoms with Crippen LogP contribution in [0.25, 0.3) is 0 Å². The van der Waals surface area contributed by atoms with Crippen molar-refractivity contribution in [2.24, 2.45) is 0 Å². The smallest absolute Gasteiger partial charge is 0.410 e. The summed E-state index contributed by atoms with van der Waals surface area (Å²) < 4.78 is 19.4. The summed E-state index contributed by atoms with van der Waals surface area (Å²) in [5.74, 6) is -1.19. The van der Waals surface area contributed by atoms with Crippen molar-refractivity contribution in [3.63, 3.8) is 0 Å². The van der Waals surface area contributed by atoms with Gasteiger partial charge in [0.25, 0.3) is 0 Å². The van der Waals surface area contributed by atoms with E-state index in [0.29, 0.717) is 24.2 Å². The highest BCUT2D eigenvalue weighted by atomic mass is 19.1. The third-order valence-corrected chi connectivity index (χ3v) is 7.70. The molecular weight excluding hydrogens is 499 g/mol. The van der Waals surface area contributed by atoms with Crippen molar-refractivity contribution < 1.29 is 23.5 Å². The number of ether oxygens (including phenoxy) is 1. The molecule has 0 aromatic heterocycles. The summed E-state index contributed by atoms with van der Waals surface area (Å²) in [7, 11) is 1.34. The summed E-state index contributed by atoms with van der Waals surface area (Å²) in [6.45, 7) is 2.29. The first-order valence-corrected chi connectivity index (χ1v) is 13.9. The molecule has 9 heteroatoms. The third kappa shape index (κ3) is 7.15. The Kier molecular flexibility index (Phi) is 9.92. The first kappa shape index (κ1) is 28.5. The molecule has 2 unspecified atom stereocenters. The van der Waals surface area contributed by atoms with E-state index in [0.717, 1.165) is 50.5 Å². The molecule has 1 aliphatic carbocycles. The summed E-state index contributed by atoms with van der Waals surface area (Å²) in [6.07, 6.45) is 6.64. The Hall–Kier alpha value is -3.46.